The first-order valence-electron chi connectivity index (χ1n) is 7.98. The lowest BCUT2D eigenvalue weighted by Gasteiger charge is -2.06. The molecular weight excluding hydrogens is 424 g/mol. The van der Waals surface area contributed by atoms with Gasteiger partial charge in [0.15, 0.2) is 0 Å². The van der Waals surface area contributed by atoms with Gasteiger partial charge in [0.2, 0.25) is 0 Å². The molecular formula is C19H12Cl2FN3S2. The Bertz CT molecular complexity index is 1130. The van der Waals surface area contributed by atoms with Crippen molar-refractivity contribution in [2.45, 2.75) is 17.7 Å². The summed E-state index contributed by atoms with van der Waals surface area (Å²) in [5.41, 5.74) is 3.39. The molecule has 2 aromatic carbocycles. The third kappa shape index (κ3) is 3.94. The van der Waals surface area contributed by atoms with E-state index in [0.717, 1.165) is 37.1 Å². The number of rotatable bonds is 4. The number of thioether (sulfide) groups is 1. The molecule has 0 spiro atoms. The van der Waals surface area contributed by atoms with Crippen LogP contribution in [0.15, 0.2) is 47.5 Å². The lowest BCUT2D eigenvalue weighted by molar-refractivity contribution is 0.628. The van der Waals surface area contributed by atoms with Crippen LogP contribution in [0.3, 0.4) is 0 Å². The molecule has 0 saturated carbocycles. The van der Waals surface area contributed by atoms with Gasteiger partial charge in [-0.15, -0.1) is 21.5 Å². The molecule has 0 atom stereocenters. The smallest absolute Gasteiger partial charge is 0.146 e. The number of hydrogen-bond acceptors (Lipinski definition) is 5. The number of fused-ring (bicyclic) bond motifs is 1. The Morgan fingerprint density at radius 3 is 2.56 bits per heavy atom. The Morgan fingerprint density at radius 1 is 1.04 bits per heavy atom. The molecule has 2 heterocycles. The number of thiazole rings is 1. The van der Waals surface area contributed by atoms with Gasteiger partial charge in [-0.3, -0.25) is 0 Å². The summed E-state index contributed by atoms with van der Waals surface area (Å²) in [7, 11) is 0. The van der Waals surface area contributed by atoms with Gasteiger partial charge in [-0.2, -0.15) is 0 Å². The monoisotopic (exact) mass is 435 g/mol. The minimum Gasteiger partial charge on any atom is -0.238 e. The zero-order valence-electron chi connectivity index (χ0n) is 14.0. The van der Waals surface area contributed by atoms with Gasteiger partial charge in [0, 0.05) is 11.3 Å². The van der Waals surface area contributed by atoms with Gasteiger partial charge in [-0.25, -0.2) is 9.37 Å². The van der Waals surface area contributed by atoms with E-state index in [1.165, 1.54) is 12.1 Å². The molecule has 0 amide bonds. The Balaban J connectivity index is 1.69. The number of halogens is 3. The molecule has 2 aromatic heterocycles. The van der Waals surface area contributed by atoms with Crippen LogP contribution < -0.4 is 0 Å². The van der Waals surface area contributed by atoms with E-state index in [1.807, 2.05) is 19.1 Å². The van der Waals surface area contributed by atoms with Crippen molar-refractivity contribution in [3.8, 4) is 11.3 Å². The standard InChI is InChI=1S/C19H12Cl2FN3S2/c1-10-23-17-18(27-10)16(12-3-5-13(22)6-4-12)24-25-19(17)26-9-11-2-7-14(20)15(21)8-11/h2-8H,9H2,1H3. The fraction of sp³-hybridized carbons (Fsp3) is 0.105. The highest BCUT2D eigenvalue weighted by molar-refractivity contribution is 7.98. The first-order valence-corrected chi connectivity index (χ1v) is 10.5. The normalized spacial score (nSPS) is 11.3. The molecule has 0 aliphatic carbocycles. The molecule has 4 rings (SSSR count). The van der Waals surface area contributed by atoms with Gasteiger partial charge < -0.3 is 0 Å². The Kier molecular flexibility index (Phi) is 5.32. The van der Waals surface area contributed by atoms with Crippen LogP contribution >= 0.6 is 46.3 Å². The molecule has 0 bridgehead atoms. The van der Waals surface area contributed by atoms with E-state index in [0.29, 0.717) is 15.8 Å². The van der Waals surface area contributed by atoms with E-state index in [4.69, 9.17) is 23.2 Å². The van der Waals surface area contributed by atoms with Gasteiger partial charge in [0.1, 0.15) is 22.1 Å². The summed E-state index contributed by atoms with van der Waals surface area (Å²) in [5.74, 6) is 0.393. The second-order valence-corrected chi connectivity index (χ2v) is 8.79. The van der Waals surface area contributed by atoms with Crippen LogP contribution in [0.25, 0.3) is 21.5 Å². The maximum absolute atomic E-state index is 13.2. The second kappa shape index (κ2) is 7.72. The highest BCUT2D eigenvalue weighted by Gasteiger charge is 2.16. The average Bonchev–Trinajstić information content (AvgIpc) is 3.05. The van der Waals surface area contributed by atoms with Gasteiger partial charge in [0.25, 0.3) is 0 Å². The number of benzene rings is 2. The summed E-state index contributed by atoms with van der Waals surface area (Å²) in [5, 5.41) is 11.5. The summed E-state index contributed by atoms with van der Waals surface area (Å²) in [4.78, 5) is 4.63. The van der Waals surface area contributed by atoms with Crippen LogP contribution in [0.1, 0.15) is 10.6 Å². The van der Waals surface area contributed by atoms with Crippen LogP contribution in [-0.4, -0.2) is 15.2 Å². The topological polar surface area (TPSA) is 38.7 Å². The second-order valence-electron chi connectivity index (χ2n) is 5.81. The van der Waals surface area contributed by atoms with E-state index >= 15 is 0 Å². The van der Waals surface area contributed by atoms with E-state index in [9.17, 15) is 4.39 Å². The Morgan fingerprint density at radius 2 is 1.81 bits per heavy atom. The molecule has 0 saturated heterocycles. The first-order chi connectivity index (χ1) is 13.0. The van der Waals surface area contributed by atoms with Crippen LogP contribution in [-0.2, 0) is 5.75 Å². The third-order valence-corrected chi connectivity index (χ3v) is 6.61. The Labute approximate surface area is 173 Å². The van der Waals surface area contributed by atoms with Crippen LogP contribution in [0.2, 0.25) is 10.0 Å². The molecule has 0 unspecified atom stereocenters. The summed E-state index contributed by atoms with van der Waals surface area (Å²) in [6.07, 6.45) is 0. The van der Waals surface area contributed by atoms with Crippen molar-refractivity contribution >= 4 is 56.5 Å². The Hall–Kier alpha value is -1.73. The predicted molar refractivity (Wildman–Crippen MR) is 111 cm³/mol. The molecule has 3 nitrogen and oxygen atoms in total. The van der Waals surface area contributed by atoms with Crippen molar-refractivity contribution in [1.82, 2.24) is 15.2 Å². The van der Waals surface area contributed by atoms with Crippen molar-refractivity contribution in [3.05, 3.63) is 68.9 Å². The first kappa shape index (κ1) is 18.6. The lowest BCUT2D eigenvalue weighted by atomic mass is 10.1. The van der Waals surface area contributed by atoms with Gasteiger partial charge >= 0.3 is 0 Å². The number of aromatic nitrogens is 3. The van der Waals surface area contributed by atoms with Gasteiger partial charge in [-0.1, -0.05) is 41.0 Å². The minimum atomic E-state index is -0.280. The molecule has 27 heavy (non-hydrogen) atoms. The van der Waals surface area contributed by atoms with E-state index in [1.54, 1.807) is 41.3 Å². The summed E-state index contributed by atoms with van der Waals surface area (Å²) in [6, 6.07) is 11.8. The SMILES string of the molecule is Cc1nc2c(SCc3ccc(Cl)c(Cl)c3)nnc(-c3ccc(F)cc3)c2s1. The zero-order valence-corrected chi connectivity index (χ0v) is 17.2. The molecule has 4 aromatic rings. The van der Waals surface area contributed by atoms with Crippen molar-refractivity contribution in [2.24, 2.45) is 0 Å². The average molecular weight is 436 g/mol. The van der Waals surface area contributed by atoms with Gasteiger partial charge in [-0.05, 0) is 48.9 Å². The van der Waals surface area contributed by atoms with Crippen molar-refractivity contribution < 1.29 is 4.39 Å². The predicted octanol–water partition coefficient (Wildman–Crippen LogP) is 6.80. The summed E-state index contributed by atoms with van der Waals surface area (Å²) >= 11 is 15.2. The third-order valence-electron chi connectivity index (χ3n) is 3.87. The van der Waals surface area contributed by atoms with Crippen LogP contribution in [0, 0.1) is 12.7 Å². The van der Waals surface area contributed by atoms with Crippen molar-refractivity contribution in [3.63, 3.8) is 0 Å². The highest BCUT2D eigenvalue weighted by atomic mass is 35.5. The molecule has 0 aliphatic rings. The van der Waals surface area contributed by atoms with Crippen LogP contribution in [0.4, 0.5) is 4.39 Å². The lowest BCUT2D eigenvalue weighted by Crippen LogP contribution is -1.93. The number of nitrogens with zero attached hydrogens (tertiary/aromatic N) is 3. The summed E-state index contributed by atoms with van der Waals surface area (Å²) < 4.78 is 14.2. The molecule has 0 fully saturated rings. The number of hydrogen-bond donors (Lipinski definition) is 0. The molecule has 0 aliphatic heterocycles. The van der Waals surface area contributed by atoms with E-state index < -0.39 is 0 Å². The largest absolute Gasteiger partial charge is 0.238 e. The molecule has 136 valence electrons. The van der Waals surface area contributed by atoms with Crippen molar-refractivity contribution in [1.29, 1.82) is 0 Å². The molecule has 0 N–H and O–H groups in total. The maximum Gasteiger partial charge on any atom is 0.146 e. The molecule has 0 radical (unpaired) electrons. The van der Waals surface area contributed by atoms with Crippen LogP contribution in [0.5, 0.6) is 0 Å². The fourth-order valence-corrected chi connectivity index (χ4v) is 4.77. The minimum absolute atomic E-state index is 0.280. The summed E-state index contributed by atoms with van der Waals surface area (Å²) in [6.45, 7) is 1.95. The van der Waals surface area contributed by atoms with Gasteiger partial charge in [0.05, 0.1) is 19.8 Å². The van der Waals surface area contributed by atoms with E-state index in [-0.39, 0.29) is 5.82 Å². The highest BCUT2D eigenvalue weighted by Crippen LogP contribution is 2.36. The fourth-order valence-electron chi connectivity index (χ4n) is 2.60. The number of aryl methyl sites for hydroxylation is 1. The zero-order chi connectivity index (χ0) is 19.0. The van der Waals surface area contributed by atoms with E-state index in [2.05, 4.69) is 15.2 Å². The van der Waals surface area contributed by atoms with Crippen molar-refractivity contribution in [2.75, 3.05) is 0 Å². The quantitative estimate of drug-likeness (QED) is 0.330. The molecule has 8 heteroatoms. The maximum atomic E-state index is 13.2.